The Hall–Kier alpha value is -1.64. The normalized spacial score (nSPS) is 17.8. The van der Waals surface area contributed by atoms with Gasteiger partial charge < -0.3 is 4.74 Å². The summed E-state index contributed by atoms with van der Waals surface area (Å²) in [5.41, 5.74) is 2.28. The summed E-state index contributed by atoms with van der Waals surface area (Å²) in [6, 6.07) is 0. The van der Waals surface area contributed by atoms with Crippen molar-refractivity contribution in [3.8, 4) is 0 Å². The third kappa shape index (κ3) is 1.22. The van der Waals surface area contributed by atoms with Crippen LogP contribution < -0.4 is 0 Å². The van der Waals surface area contributed by atoms with Crippen molar-refractivity contribution in [2.75, 3.05) is 6.61 Å². The molecule has 2 aliphatic rings. The SMILES string of the molecule is CCOC(=O)C1=C2C=CC=C2N=C1. The van der Waals surface area contributed by atoms with Crippen LogP contribution in [0.15, 0.2) is 40.1 Å². The molecule has 2 rings (SSSR count). The molecule has 0 spiro atoms. The van der Waals surface area contributed by atoms with E-state index in [0.717, 1.165) is 11.3 Å². The molecule has 1 aliphatic heterocycles. The molecular weight excluding hydrogens is 166 g/mol. The van der Waals surface area contributed by atoms with Crippen LogP contribution in [0.5, 0.6) is 0 Å². The molecule has 1 aliphatic carbocycles. The number of ether oxygens (including phenoxy) is 1. The Morgan fingerprint density at radius 1 is 1.62 bits per heavy atom. The minimum atomic E-state index is -0.295. The van der Waals surface area contributed by atoms with Crippen LogP contribution in [0, 0.1) is 0 Å². The topological polar surface area (TPSA) is 38.7 Å². The van der Waals surface area contributed by atoms with Gasteiger partial charge in [0.15, 0.2) is 0 Å². The molecule has 1 heterocycles. The van der Waals surface area contributed by atoms with Gasteiger partial charge in [-0.05, 0) is 13.0 Å². The molecule has 0 radical (unpaired) electrons. The van der Waals surface area contributed by atoms with E-state index in [1.165, 1.54) is 0 Å². The van der Waals surface area contributed by atoms with Gasteiger partial charge in [-0.3, -0.25) is 4.99 Å². The van der Waals surface area contributed by atoms with Crippen LogP contribution in [0.3, 0.4) is 0 Å². The van der Waals surface area contributed by atoms with Gasteiger partial charge in [0, 0.05) is 11.8 Å². The fourth-order valence-corrected chi connectivity index (χ4v) is 1.33. The average Bonchev–Trinajstić information content (AvgIpc) is 2.62. The molecule has 0 aromatic carbocycles. The Kier molecular flexibility index (Phi) is 1.85. The molecule has 3 nitrogen and oxygen atoms in total. The van der Waals surface area contributed by atoms with Crippen molar-refractivity contribution >= 4 is 12.2 Å². The molecular formula is C10H9NO2. The first-order chi connectivity index (χ1) is 6.33. The summed E-state index contributed by atoms with van der Waals surface area (Å²) in [7, 11) is 0. The number of nitrogens with zero attached hydrogens (tertiary/aromatic N) is 1. The van der Waals surface area contributed by atoms with E-state index in [0.29, 0.717) is 12.2 Å². The molecule has 0 saturated carbocycles. The molecule has 66 valence electrons. The maximum atomic E-state index is 11.4. The minimum Gasteiger partial charge on any atom is -0.462 e. The summed E-state index contributed by atoms with van der Waals surface area (Å²) in [5, 5.41) is 0. The fourth-order valence-electron chi connectivity index (χ4n) is 1.33. The summed E-state index contributed by atoms with van der Waals surface area (Å²) in [4.78, 5) is 15.4. The Morgan fingerprint density at radius 2 is 2.46 bits per heavy atom. The van der Waals surface area contributed by atoms with Crippen molar-refractivity contribution in [2.24, 2.45) is 4.99 Å². The number of allylic oxidation sites excluding steroid dienone is 3. The number of hydrogen-bond acceptors (Lipinski definition) is 3. The van der Waals surface area contributed by atoms with Crippen molar-refractivity contribution in [1.29, 1.82) is 0 Å². The maximum Gasteiger partial charge on any atom is 0.340 e. The predicted octanol–water partition coefficient (Wildman–Crippen LogP) is 1.38. The third-order valence-electron chi connectivity index (χ3n) is 1.91. The largest absolute Gasteiger partial charge is 0.462 e. The molecule has 0 amide bonds. The molecule has 0 atom stereocenters. The first-order valence-electron chi connectivity index (χ1n) is 4.17. The molecule has 0 N–H and O–H groups in total. The van der Waals surface area contributed by atoms with E-state index in [9.17, 15) is 4.79 Å². The standard InChI is InChI=1S/C10H9NO2/c1-2-13-10(12)8-6-11-9-5-3-4-7(8)9/h3-6H,2H2,1H3. The number of carbonyl (C=O) groups is 1. The molecule has 13 heavy (non-hydrogen) atoms. The van der Waals surface area contributed by atoms with Gasteiger partial charge in [0.2, 0.25) is 0 Å². The lowest BCUT2D eigenvalue weighted by molar-refractivity contribution is -0.137. The van der Waals surface area contributed by atoms with Crippen LogP contribution in [0.1, 0.15) is 6.92 Å². The van der Waals surface area contributed by atoms with Gasteiger partial charge in [0.1, 0.15) is 0 Å². The van der Waals surface area contributed by atoms with E-state index in [-0.39, 0.29) is 5.97 Å². The molecule has 0 fully saturated rings. The highest BCUT2D eigenvalue weighted by Crippen LogP contribution is 2.27. The van der Waals surface area contributed by atoms with Crippen molar-refractivity contribution in [1.82, 2.24) is 0 Å². The number of rotatable bonds is 2. The minimum absolute atomic E-state index is 0.295. The number of carbonyl (C=O) groups excluding carboxylic acids is 1. The molecule has 0 bridgehead atoms. The lowest BCUT2D eigenvalue weighted by Gasteiger charge is -2.00. The zero-order valence-electron chi connectivity index (χ0n) is 7.28. The van der Waals surface area contributed by atoms with Crippen LogP contribution in [0.25, 0.3) is 0 Å². The van der Waals surface area contributed by atoms with Gasteiger partial charge in [-0.25, -0.2) is 4.79 Å². The van der Waals surface area contributed by atoms with Crippen LogP contribution >= 0.6 is 0 Å². The molecule has 3 heteroatoms. The Morgan fingerprint density at radius 3 is 3.23 bits per heavy atom. The van der Waals surface area contributed by atoms with E-state index < -0.39 is 0 Å². The average molecular weight is 175 g/mol. The van der Waals surface area contributed by atoms with Gasteiger partial charge in [-0.15, -0.1) is 0 Å². The van der Waals surface area contributed by atoms with Crippen LogP contribution in [0.2, 0.25) is 0 Å². The van der Waals surface area contributed by atoms with E-state index in [1.807, 2.05) is 18.2 Å². The van der Waals surface area contributed by atoms with Crippen LogP contribution in [0.4, 0.5) is 0 Å². The highest BCUT2D eigenvalue weighted by atomic mass is 16.5. The second-order valence-corrected chi connectivity index (χ2v) is 2.72. The number of aliphatic imine (C=N–C) groups is 1. The van der Waals surface area contributed by atoms with Gasteiger partial charge in [-0.1, -0.05) is 12.2 Å². The maximum absolute atomic E-state index is 11.4. The Bertz CT molecular complexity index is 372. The van der Waals surface area contributed by atoms with Crippen LogP contribution in [-0.4, -0.2) is 18.8 Å². The monoisotopic (exact) mass is 175 g/mol. The molecule has 0 aromatic heterocycles. The van der Waals surface area contributed by atoms with Crippen molar-refractivity contribution in [3.05, 3.63) is 35.1 Å². The van der Waals surface area contributed by atoms with E-state index in [4.69, 9.17) is 4.74 Å². The van der Waals surface area contributed by atoms with E-state index >= 15 is 0 Å². The van der Waals surface area contributed by atoms with Crippen molar-refractivity contribution in [3.63, 3.8) is 0 Å². The Labute approximate surface area is 76.1 Å². The van der Waals surface area contributed by atoms with E-state index in [2.05, 4.69) is 4.99 Å². The summed E-state index contributed by atoms with van der Waals surface area (Å²) in [6.45, 7) is 2.18. The summed E-state index contributed by atoms with van der Waals surface area (Å²) >= 11 is 0. The number of hydrogen-bond donors (Lipinski definition) is 0. The molecule has 0 aromatic rings. The van der Waals surface area contributed by atoms with Crippen molar-refractivity contribution < 1.29 is 9.53 Å². The van der Waals surface area contributed by atoms with Crippen LogP contribution in [-0.2, 0) is 9.53 Å². The molecule has 0 saturated heterocycles. The predicted molar refractivity (Wildman–Crippen MR) is 49.4 cm³/mol. The smallest absolute Gasteiger partial charge is 0.340 e. The third-order valence-corrected chi connectivity index (χ3v) is 1.91. The molecule has 0 unspecified atom stereocenters. The second-order valence-electron chi connectivity index (χ2n) is 2.72. The summed E-state index contributed by atoms with van der Waals surface area (Å²) in [6.07, 6.45) is 7.18. The zero-order valence-corrected chi connectivity index (χ0v) is 7.28. The highest BCUT2D eigenvalue weighted by Gasteiger charge is 2.22. The van der Waals surface area contributed by atoms with E-state index in [1.54, 1.807) is 13.1 Å². The lowest BCUT2D eigenvalue weighted by Crippen LogP contribution is -2.08. The Balaban J connectivity index is 2.29. The number of fused-ring (bicyclic) bond motifs is 1. The summed E-state index contributed by atoms with van der Waals surface area (Å²) < 4.78 is 4.88. The summed E-state index contributed by atoms with van der Waals surface area (Å²) in [5.74, 6) is -0.295. The van der Waals surface area contributed by atoms with Gasteiger partial charge >= 0.3 is 5.97 Å². The fraction of sp³-hybridized carbons (Fsp3) is 0.200. The van der Waals surface area contributed by atoms with Gasteiger partial charge in [0.25, 0.3) is 0 Å². The quantitative estimate of drug-likeness (QED) is 0.595. The highest BCUT2D eigenvalue weighted by molar-refractivity contribution is 6.13. The van der Waals surface area contributed by atoms with Gasteiger partial charge in [-0.2, -0.15) is 0 Å². The van der Waals surface area contributed by atoms with Crippen molar-refractivity contribution in [2.45, 2.75) is 6.92 Å². The van der Waals surface area contributed by atoms with Gasteiger partial charge in [0.05, 0.1) is 17.9 Å². The number of esters is 1. The lowest BCUT2D eigenvalue weighted by atomic mass is 10.1. The zero-order chi connectivity index (χ0) is 9.26. The first-order valence-corrected chi connectivity index (χ1v) is 4.17. The first kappa shape index (κ1) is 7.98. The second kappa shape index (κ2) is 3.01.